The minimum atomic E-state index is -0.423. The van der Waals surface area contributed by atoms with Gasteiger partial charge in [0.25, 0.3) is 5.91 Å². The van der Waals surface area contributed by atoms with Crippen molar-refractivity contribution >= 4 is 17.4 Å². The Morgan fingerprint density at radius 2 is 1.85 bits per heavy atom. The van der Waals surface area contributed by atoms with Gasteiger partial charge in [-0.3, -0.25) is 4.79 Å². The van der Waals surface area contributed by atoms with E-state index in [2.05, 4.69) is 15.6 Å². The van der Waals surface area contributed by atoms with Gasteiger partial charge in [-0.05, 0) is 48.4 Å². The molecule has 26 heavy (non-hydrogen) atoms. The average Bonchev–Trinajstić information content (AvgIpc) is 2.64. The third kappa shape index (κ3) is 4.63. The van der Waals surface area contributed by atoms with Gasteiger partial charge < -0.3 is 10.6 Å². The largest absolute Gasteiger partial charge is 0.370 e. The predicted octanol–water partition coefficient (Wildman–Crippen LogP) is 4.27. The van der Waals surface area contributed by atoms with Gasteiger partial charge in [0.1, 0.15) is 17.5 Å². The molecule has 3 aromatic rings. The van der Waals surface area contributed by atoms with E-state index >= 15 is 0 Å². The van der Waals surface area contributed by atoms with Gasteiger partial charge in [0.05, 0.1) is 0 Å². The molecule has 132 valence electrons. The van der Waals surface area contributed by atoms with Gasteiger partial charge in [-0.25, -0.2) is 13.8 Å². The van der Waals surface area contributed by atoms with E-state index in [9.17, 15) is 13.6 Å². The van der Waals surface area contributed by atoms with Crippen LogP contribution in [0.5, 0.6) is 0 Å². The summed E-state index contributed by atoms with van der Waals surface area (Å²) in [4.78, 5) is 16.4. The maximum absolute atomic E-state index is 13.6. The number of anilines is 2. The number of nitrogens with one attached hydrogen (secondary N) is 2. The Bertz CT molecular complexity index is 915. The van der Waals surface area contributed by atoms with E-state index in [4.69, 9.17) is 0 Å². The molecule has 0 aliphatic carbocycles. The minimum Gasteiger partial charge on any atom is -0.370 e. The number of aromatic nitrogens is 1. The molecule has 1 amide bonds. The van der Waals surface area contributed by atoms with Crippen molar-refractivity contribution in [3.63, 3.8) is 0 Å². The van der Waals surface area contributed by atoms with Crippen molar-refractivity contribution in [3.05, 3.63) is 89.6 Å². The van der Waals surface area contributed by atoms with Gasteiger partial charge in [-0.15, -0.1) is 0 Å². The highest BCUT2D eigenvalue weighted by atomic mass is 19.1. The van der Waals surface area contributed by atoms with Crippen LogP contribution >= 0.6 is 0 Å². The first kappa shape index (κ1) is 17.5. The summed E-state index contributed by atoms with van der Waals surface area (Å²) < 4.78 is 26.8. The molecule has 4 nitrogen and oxygen atoms in total. The molecule has 1 heterocycles. The smallest absolute Gasteiger partial charge is 0.255 e. The van der Waals surface area contributed by atoms with Crippen LogP contribution in [0, 0.1) is 11.6 Å². The summed E-state index contributed by atoms with van der Waals surface area (Å²) >= 11 is 0. The van der Waals surface area contributed by atoms with Crippen molar-refractivity contribution in [2.75, 3.05) is 17.2 Å². The fourth-order valence-electron chi connectivity index (χ4n) is 2.46. The second-order valence-corrected chi connectivity index (χ2v) is 5.66. The van der Waals surface area contributed by atoms with Crippen LogP contribution in [0.25, 0.3) is 0 Å². The second-order valence-electron chi connectivity index (χ2n) is 5.66. The lowest BCUT2D eigenvalue weighted by molar-refractivity contribution is 0.102. The Kier molecular flexibility index (Phi) is 5.53. The van der Waals surface area contributed by atoms with Crippen LogP contribution in [-0.4, -0.2) is 17.4 Å². The monoisotopic (exact) mass is 353 g/mol. The average molecular weight is 353 g/mol. The summed E-state index contributed by atoms with van der Waals surface area (Å²) in [6.45, 7) is 0.475. The van der Waals surface area contributed by atoms with Crippen LogP contribution in [0.15, 0.2) is 66.9 Å². The van der Waals surface area contributed by atoms with Gasteiger partial charge in [-0.2, -0.15) is 0 Å². The van der Waals surface area contributed by atoms with Crippen molar-refractivity contribution in [3.8, 4) is 0 Å². The molecule has 0 fully saturated rings. The van der Waals surface area contributed by atoms with E-state index in [1.54, 1.807) is 36.4 Å². The molecule has 0 spiro atoms. The number of rotatable bonds is 6. The first-order valence-electron chi connectivity index (χ1n) is 8.12. The molecule has 3 rings (SSSR count). The summed E-state index contributed by atoms with van der Waals surface area (Å²) in [5.41, 5.74) is 1.37. The summed E-state index contributed by atoms with van der Waals surface area (Å²) in [5, 5.41) is 5.70. The number of carbonyl (C=O) groups excluding carboxylic acids is 1. The fourth-order valence-corrected chi connectivity index (χ4v) is 2.46. The standard InChI is InChI=1S/C20H17F2N3O/c21-16-5-3-6-17(13-16)25-20(26)15-9-11-24-19(12-15)23-10-8-14-4-1-2-7-18(14)22/h1-7,9,11-13H,8,10H2,(H,23,24)(H,25,26). The van der Waals surface area contributed by atoms with Crippen LogP contribution < -0.4 is 10.6 Å². The van der Waals surface area contributed by atoms with Crippen LogP contribution in [0.1, 0.15) is 15.9 Å². The first-order chi connectivity index (χ1) is 12.6. The molecule has 2 aromatic carbocycles. The Labute approximate surface area is 149 Å². The highest BCUT2D eigenvalue weighted by molar-refractivity contribution is 6.04. The van der Waals surface area contributed by atoms with E-state index in [0.717, 1.165) is 0 Å². The summed E-state index contributed by atoms with van der Waals surface area (Å²) in [7, 11) is 0. The summed E-state index contributed by atoms with van der Waals surface area (Å²) in [5.74, 6) is -0.526. The van der Waals surface area contributed by atoms with Crippen LogP contribution in [0.2, 0.25) is 0 Å². The van der Waals surface area contributed by atoms with E-state index < -0.39 is 5.82 Å². The Hall–Kier alpha value is -3.28. The molecule has 0 bridgehead atoms. The van der Waals surface area contributed by atoms with Crippen LogP contribution in [-0.2, 0) is 6.42 Å². The molecule has 0 atom stereocenters. The number of hydrogen-bond donors (Lipinski definition) is 2. The number of amides is 1. The molecule has 1 aromatic heterocycles. The molecule has 0 unspecified atom stereocenters. The quantitative estimate of drug-likeness (QED) is 0.696. The van der Waals surface area contributed by atoms with E-state index in [-0.39, 0.29) is 11.7 Å². The second kappa shape index (κ2) is 8.20. The highest BCUT2D eigenvalue weighted by Gasteiger charge is 2.08. The van der Waals surface area contributed by atoms with Crippen molar-refractivity contribution in [2.24, 2.45) is 0 Å². The van der Waals surface area contributed by atoms with Crippen LogP contribution in [0.4, 0.5) is 20.3 Å². The predicted molar refractivity (Wildman–Crippen MR) is 97.2 cm³/mol. The van der Waals surface area contributed by atoms with Gasteiger partial charge in [-0.1, -0.05) is 24.3 Å². The molecule has 2 N–H and O–H groups in total. The topological polar surface area (TPSA) is 54.0 Å². The van der Waals surface area contributed by atoms with E-state index in [1.165, 1.54) is 30.5 Å². The molecule has 0 saturated carbocycles. The lowest BCUT2D eigenvalue weighted by Crippen LogP contribution is -2.13. The lowest BCUT2D eigenvalue weighted by Gasteiger charge is -2.09. The van der Waals surface area contributed by atoms with Gasteiger partial charge >= 0.3 is 0 Å². The molecular formula is C20H17F2N3O. The zero-order valence-electron chi connectivity index (χ0n) is 13.9. The summed E-state index contributed by atoms with van der Waals surface area (Å²) in [6, 6.07) is 15.4. The lowest BCUT2D eigenvalue weighted by atomic mass is 10.1. The Morgan fingerprint density at radius 1 is 1.00 bits per heavy atom. The zero-order valence-corrected chi connectivity index (χ0v) is 13.9. The van der Waals surface area contributed by atoms with Crippen molar-refractivity contribution in [2.45, 2.75) is 6.42 Å². The third-order valence-electron chi connectivity index (χ3n) is 3.76. The van der Waals surface area contributed by atoms with Crippen molar-refractivity contribution in [1.29, 1.82) is 0 Å². The SMILES string of the molecule is O=C(Nc1cccc(F)c1)c1ccnc(NCCc2ccccc2F)c1. The molecular weight excluding hydrogens is 336 g/mol. The number of pyridine rings is 1. The van der Waals surface area contributed by atoms with Gasteiger partial charge in [0, 0.05) is 24.0 Å². The molecule has 0 aliphatic heterocycles. The van der Waals surface area contributed by atoms with E-state index in [1.807, 2.05) is 0 Å². The number of benzene rings is 2. The maximum atomic E-state index is 13.6. The van der Waals surface area contributed by atoms with Crippen molar-refractivity contribution < 1.29 is 13.6 Å². The number of hydrogen-bond acceptors (Lipinski definition) is 3. The van der Waals surface area contributed by atoms with Crippen LogP contribution in [0.3, 0.4) is 0 Å². The Balaban J connectivity index is 1.60. The Morgan fingerprint density at radius 3 is 2.65 bits per heavy atom. The normalized spacial score (nSPS) is 10.4. The van der Waals surface area contributed by atoms with Gasteiger partial charge in [0.2, 0.25) is 0 Å². The molecule has 0 radical (unpaired) electrons. The number of halogens is 2. The number of carbonyl (C=O) groups is 1. The first-order valence-corrected chi connectivity index (χ1v) is 8.12. The molecule has 0 aliphatic rings. The molecule has 6 heteroatoms. The summed E-state index contributed by atoms with van der Waals surface area (Å²) in [6.07, 6.45) is 2.00. The fraction of sp³-hybridized carbons (Fsp3) is 0.100. The minimum absolute atomic E-state index is 0.245. The maximum Gasteiger partial charge on any atom is 0.255 e. The highest BCUT2D eigenvalue weighted by Crippen LogP contribution is 2.13. The molecule has 0 saturated heterocycles. The zero-order chi connectivity index (χ0) is 18.4. The van der Waals surface area contributed by atoms with E-state index in [0.29, 0.717) is 35.6 Å². The van der Waals surface area contributed by atoms with Gasteiger partial charge in [0.15, 0.2) is 0 Å². The number of nitrogens with zero attached hydrogens (tertiary/aromatic N) is 1. The third-order valence-corrected chi connectivity index (χ3v) is 3.76. The van der Waals surface area contributed by atoms with Crippen molar-refractivity contribution in [1.82, 2.24) is 4.98 Å².